The van der Waals surface area contributed by atoms with Gasteiger partial charge in [-0.25, -0.2) is 18.7 Å². The SMILES string of the molecule is CNc1ncc(-c2ccc3nc(N)sc3c2)cc1-c1nnnn1-c1cccc(F)c1F. The molecule has 0 aliphatic rings. The van der Waals surface area contributed by atoms with Crippen LogP contribution in [-0.4, -0.2) is 37.2 Å². The molecule has 31 heavy (non-hydrogen) atoms. The molecule has 3 aromatic heterocycles. The number of hydrogen-bond acceptors (Lipinski definition) is 8. The number of hydrogen-bond donors (Lipinski definition) is 2. The van der Waals surface area contributed by atoms with Crippen molar-refractivity contribution in [2.45, 2.75) is 0 Å². The Labute approximate surface area is 178 Å². The quantitative estimate of drug-likeness (QED) is 0.440. The molecule has 5 rings (SSSR count). The summed E-state index contributed by atoms with van der Waals surface area (Å²) in [4.78, 5) is 8.73. The van der Waals surface area contributed by atoms with Gasteiger partial charge in [0.05, 0.1) is 15.8 Å². The molecule has 0 aliphatic carbocycles. The summed E-state index contributed by atoms with van der Waals surface area (Å²) in [6.45, 7) is 0. The Balaban J connectivity index is 1.66. The zero-order chi connectivity index (χ0) is 21.5. The van der Waals surface area contributed by atoms with Crippen LogP contribution in [0.4, 0.5) is 19.7 Å². The third-order valence-electron chi connectivity index (χ3n) is 4.73. The second-order valence-corrected chi connectivity index (χ2v) is 7.65. The normalized spacial score (nSPS) is 11.2. The van der Waals surface area contributed by atoms with E-state index in [4.69, 9.17) is 5.73 Å². The zero-order valence-electron chi connectivity index (χ0n) is 16.0. The van der Waals surface area contributed by atoms with E-state index in [-0.39, 0.29) is 11.5 Å². The highest BCUT2D eigenvalue weighted by atomic mass is 32.1. The number of halogens is 2. The van der Waals surface area contributed by atoms with Gasteiger partial charge < -0.3 is 11.1 Å². The number of anilines is 2. The average molecular weight is 436 g/mol. The Morgan fingerprint density at radius 1 is 1.10 bits per heavy atom. The van der Waals surface area contributed by atoms with Crippen molar-refractivity contribution in [2.24, 2.45) is 0 Å². The van der Waals surface area contributed by atoms with Crippen molar-refractivity contribution in [2.75, 3.05) is 18.1 Å². The van der Waals surface area contributed by atoms with Crippen LogP contribution in [0.15, 0.2) is 48.7 Å². The molecule has 11 heteroatoms. The Morgan fingerprint density at radius 2 is 1.97 bits per heavy atom. The third kappa shape index (κ3) is 3.24. The van der Waals surface area contributed by atoms with Crippen LogP contribution < -0.4 is 11.1 Å². The molecule has 0 spiro atoms. The number of nitrogens with zero attached hydrogens (tertiary/aromatic N) is 6. The van der Waals surface area contributed by atoms with Gasteiger partial charge in [-0.1, -0.05) is 23.5 Å². The molecule has 0 bridgehead atoms. The standard InChI is InChI=1S/C20H14F2N8S/c1-24-18-12(19-27-28-29-30(19)15-4-2-3-13(21)17(15)22)7-11(9-25-18)10-5-6-14-16(8-10)31-20(23)26-14/h2-9H,1H3,(H2,23,26)(H,24,25). The van der Waals surface area contributed by atoms with Crippen LogP contribution in [0.3, 0.4) is 0 Å². The van der Waals surface area contributed by atoms with Crippen LogP contribution >= 0.6 is 11.3 Å². The molecule has 0 aliphatic heterocycles. The largest absolute Gasteiger partial charge is 0.375 e. The minimum Gasteiger partial charge on any atom is -0.375 e. The maximum absolute atomic E-state index is 14.4. The molecule has 0 fully saturated rings. The molecule has 0 amide bonds. The van der Waals surface area contributed by atoms with Crippen molar-refractivity contribution in [3.05, 3.63) is 60.3 Å². The fourth-order valence-corrected chi connectivity index (χ4v) is 4.06. The topological polar surface area (TPSA) is 107 Å². The molecule has 0 saturated heterocycles. The van der Waals surface area contributed by atoms with Crippen LogP contribution in [0.25, 0.3) is 38.4 Å². The summed E-state index contributed by atoms with van der Waals surface area (Å²) in [7, 11) is 1.70. The van der Waals surface area contributed by atoms with Gasteiger partial charge in [0.1, 0.15) is 11.5 Å². The summed E-state index contributed by atoms with van der Waals surface area (Å²) in [6, 6.07) is 11.4. The zero-order valence-corrected chi connectivity index (χ0v) is 16.9. The van der Waals surface area contributed by atoms with Crippen molar-refractivity contribution < 1.29 is 8.78 Å². The maximum Gasteiger partial charge on any atom is 0.190 e. The molecule has 0 radical (unpaired) electrons. The Hall–Kier alpha value is -3.99. The minimum atomic E-state index is -1.04. The molecule has 2 aromatic carbocycles. The summed E-state index contributed by atoms with van der Waals surface area (Å²) in [5.74, 6) is -1.33. The number of fused-ring (bicyclic) bond motifs is 1. The fraction of sp³-hybridized carbons (Fsp3) is 0.0500. The van der Waals surface area contributed by atoms with Crippen LogP contribution in [0.2, 0.25) is 0 Å². The Kier molecular flexibility index (Phi) is 4.51. The first-order valence-electron chi connectivity index (χ1n) is 9.12. The van der Waals surface area contributed by atoms with Crippen molar-refractivity contribution >= 4 is 32.5 Å². The van der Waals surface area contributed by atoms with Gasteiger partial charge in [-0.15, -0.1) is 5.10 Å². The van der Waals surface area contributed by atoms with Gasteiger partial charge in [0.2, 0.25) is 0 Å². The molecule has 5 aromatic rings. The molecule has 0 saturated carbocycles. The van der Waals surface area contributed by atoms with Gasteiger partial charge in [-0.2, -0.15) is 4.68 Å². The number of tetrazole rings is 1. The summed E-state index contributed by atoms with van der Waals surface area (Å²) in [5.41, 5.74) is 8.73. The number of nitrogen functional groups attached to an aromatic ring is 1. The lowest BCUT2D eigenvalue weighted by atomic mass is 10.0. The van der Waals surface area contributed by atoms with Gasteiger partial charge in [0.15, 0.2) is 22.6 Å². The average Bonchev–Trinajstić information content (AvgIpc) is 3.40. The lowest BCUT2D eigenvalue weighted by Crippen LogP contribution is -2.06. The predicted octanol–water partition coefficient (Wildman–Crippen LogP) is 3.90. The summed E-state index contributed by atoms with van der Waals surface area (Å²) in [6.07, 6.45) is 1.71. The second kappa shape index (κ2) is 7.36. The lowest BCUT2D eigenvalue weighted by molar-refractivity contribution is 0.501. The van der Waals surface area contributed by atoms with E-state index in [2.05, 4.69) is 30.8 Å². The number of aromatic nitrogens is 6. The van der Waals surface area contributed by atoms with E-state index < -0.39 is 11.6 Å². The second-order valence-electron chi connectivity index (χ2n) is 6.59. The first-order valence-corrected chi connectivity index (χ1v) is 9.94. The first-order chi connectivity index (χ1) is 15.0. The highest BCUT2D eigenvalue weighted by Gasteiger charge is 2.20. The van der Waals surface area contributed by atoms with Crippen molar-refractivity contribution in [1.29, 1.82) is 0 Å². The molecule has 0 unspecified atom stereocenters. The van der Waals surface area contributed by atoms with Crippen LogP contribution in [-0.2, 0) is 0 Å². The van der Waals surface area contributed by atoms with E-state index in [9.17, 15) is 8.78 Å². The van der Waals surface area contributed by atoms with E-state index >= 15 is 0 Å². The molecule has 8 nitrogen and oxygen atoms in total. The van der Waals surface area contributed by atoms with Crippen molar-refractivity contribution in [3.63, 3.8) is 0 Å². The Bertz CT molecular complexity index is 1430. The first kappa shape index (κ1) is 19.0. The van der Waals surface area contributed by atoms with Crippen LogP contribution in [0.5, 0.6) is 0 Å². The maximum atomic E-state index is 14.4. The van der Waals surface area contributed by atoms with Gasteiger partial charge >= 0.3 is 0 Å². The van der Waals surface area contributed by atoms with Gasteiger partial charge in [-0.05, 0) is 46.3 Å². The van der Waals surface area contributed by atoms with Crippen molar-refractivity contribution in [1.82, 2.24) is 30.2 Å². The molecular weight excluding hydrogens is 422 g/mol. The predicted molar refractivity (Wildman–Crippen MR) is 115 cm³/mol. The third-order valence-corrected chi connectivity index (χ3v) is 5.58. The number of thiazole rings is 1. The highest BCUT2D eigenvalue weighted by Crippen LogP contribution is 2.33. The van der Waals surface area contributed by atoms with E-state index in [1.54, 1.807) is 13.2 Å². The summed E-state index contributed by atoms with van der Waals surface area (Å²) < 4.78 is 30.3. The number of rotatable bonds is 4. The van der Waals surface area contributed by atoms with E-state index in [0.717, 1.165) is 32.1 Å². The smallest absolute Gasteiger partial charge is 0.190 e. The van der Waals surface area contributed by atoms with Gasteiger partial charge in [-0.3, -0.25) is 0 Å². The van der Waals surface area contributed by atoms with Gasteiger partial charge in [0.25, 0.3) is 0 Å². The van der Waals surface area contributed by atoms with Crippen LogP contribution in [0, 0.1) is 11.6 Å². The summed E-state index contributed by atoms with van der Waals surface area (Å²) >= 11 is 1.39. The lowest BCUT2D eigenvalue weighted by Gasteiger charge is -2.11. The highest BCUT2D eigenvalue weighted by molar-refractivity contribution is 7.22. The molecule has 154 valence electrons. The molecule has 3 heterocycles. The number of pyridine rings is 1. The van der Waals surface area contributed by atoms with E-state index in [1.165, 1.54) is 23.5 Å². The molecule has 3 N–H and O–H groups in total. The van der Waals surface area contributed by atoms with E-state index in [1.807, 2.05) is 24.3 Å². The number of nitrogens with two attached hydrogens (primary N) is 1. The molecular formula is C20H14F2N8S. The molecule has 0 atom stereocenters. The van der Waals surface area contributed by atoms with Crippen molar-refractivity contribution in [3.8, 4) is 28.2 Å². The number of benzene rings is 2. The monoisotopic (exact) mass is 436 g/mol. The Morgan fingerprint density at radius 3 is 2.81 bits per heavy atom. The van der Waals surface area contributed by atoms with Crippen LogP contribution in [0.1, 0.15) is 0 Å². The minimum absolute atomic E-state index is 0.103. The van der Waals surface area contributed by atoms with E-state index in [0.29, 0.717) is 16.5 Å². The van der Waals surface area contributed by atoms with Gasteiger partial charge in [0, 0.05) is 18.8 Å². The fourth-order valence-electron chi connectivity index (χ4n) is 3.29. The summed E-state index contributed by atoms with van der Waals surface area (Å²) in [5, 5.41) is 15.0. The number of nitrogens with one attached hydrogen (secondary N) is 1.